The molecule has 2 aromatic rings. The van der Waals surface area contributed by atoms with Gasteiger partial charge in [0.1, 0.15) is 0 Å². The average molecular weight is 328 g/mol. The zero-order valence-corrected chi connectivity index (χ0v) is 12.5. The van der Waals surface area contributed by atoms with Crippen LogP contribution in [-0.4, -0.2) is 19.4 Å². The number of hydrogen-bond donors (Lipinski definition) is 4. The zero-order chi connectivity index (χ0) is 15.6. The number of benzene rings is 1. The van der Waals surface area contributed by atoms with E-state index in [1.165, 1.54) is 19.1 Å². The normalized spacial score (nSPS) is 11.1. The molecule has 2 rings (SSSR count). The number of urea groups is 1. The van der Waals surface area contributed by atoms with Crippen molar-refractivity contribution in [2.75, 3.05) is 10.0 Å². The van der Waals surface area contributed by atoms with Crippen LogP contribution in [0, 0.1) is 6.92 Å². The topological polar surface area (TPSA) is 134 Å². The number of primary amides is 1. The quantitative estimate of drug-likeness (QED) is 0.667. The van der Waals surface area contributed by atoms with Crippen molar-refractivity contribution in [3.63, 3.8) is 0 Å². The summed E-state index contributed by atoms with van der Waals surface area (Å²) >= 11 is 0.604. The average Bonchev–Trinajstić information content (AvgIpc) is 2.68. The van der Waals surface area contributed by atoms with Gasteiger partial charge in [-0.1, -0.05) is 17.4 Å². The van der Waals surface area contributed by atoms with E-state index in [-0.39, 0.29) is 15.6 Å². The van der Waals surface area contributed by atoms with Gasteiger partial charge in [-0.25, -0.2) is 13.2 Å². The number of anilines is 2. The third-order valence-electron chi connectivity index (χ3n) is 2.41. The molecule has 0 radical (unpaired) electrons. The first-order valence-electron chi connectivity index (χ1n) is 5.67. The molecule has 5 N–H and O–H groups in total. The van der Waals surface area contributed by atoms with Crippen LogP contribution in [0.2, 0.25) is 0 Å². The minimum Gasteiger partial charge on any atom is -0.351 e. The van der Waals surface area contributed by atoms with Crippen molar-refractivity contribution in [2.45, 2.75) is 11.1 Å². The van der Waals surface area contributed by atoms with Gasteiger partial charge in [0.2, 0.25) is 0 Å². The van der Waals surface area contributed by atoms with Crippen LogP contribution >= 0.6 is 11.3 Å². The Balaban J connectivity index is 2.31. The number of sulfonamides is 1. The Kier molecular flexibility index (Phi) is 4.00. The molecule has 112 valence electrons. The summed E-state index contributed by atoms with van der Waals surface area (Å²) in [5.41, 5.74) is 5.84. The summed E-state index contributed by atoms with van der Waals surface area (Å²) in [6.07, 6.45) is 0. The van der Waals surface area contributed by atoms with E-state index >= 15 is 0 Å². The second-order valence-corrected chi connectivity index (χ2v) is 6.96. The van der Waals surface area contributed by atoms with Gasteiger partial charge in [0.25, 0.3) is 10.0 Å². The van der Waals surface area contributed by atoms with Crippen molar-refractivity contribution >= 4 is 38.8 Å². The van der Waals surface area contributed by atoms with Crippen LogP contribution in [0.5, 0.6) is 0 Å². The van der Waals surface area contributed by atoms with E-state index in [9.17, 15) is 18.0 Å². The molecule has 0 saturated carbocycles. The number of aryl methyl sites for hydroxylation is 1. The molecule has 10 heteroatoms. The van der Waals surface area contributed by atoms with Gasteiger partial charge in [-0.15, -0.1) is 0 Å². The van der Waals surface area contributed by atoms with Gasteiger partial charge >= 0.3 is 10.9 Å². The number of carbonyl (C=O) groups excluding carboxylic acids is 1. The lowest BCUT2D eigenvalue weighted by Crippen LogP contribution is -2.19. The Bertz CT molecular complexity index is 838. The van der Waals surface area contributed by atoms with E-state index < -0.39 is 20.9 Å². The Morgan fingerprint density at radius 1 is 1.33 bits per heavy atom. The van der Waals surface area contributed by atoms with E-state index in [0.717, 1.165) is 0 Å². The summed E-state index contributed by atoms with van der Waals surface area (Å²) in [5.74, 6) is 0. The van der Waals surface area contributed by atoms with E-state index in [1.54, 1.807) is 12.1 Å². The van der Waals surface area contributed by atoms with Gasteiger partial charge < -0.3 is 16.0 Å². The highest BCUT2D eigenvalue weighted by atomic mass is 32.2. The molecule has 0 fully saturated rings. The molecule has 0 atom stereocenters. The highest BCUT2D eigenvalue weighted by Crippen LogP contribution is 2.22. The first-order valence-corrected chi connectivity index (χ1v) is 7.97. The molecule has 0 bridgehead atoms. The Morgan fingerprint density at radius 2 is 2.00 bits per heavy atom. The first-order chi connectivity index (χ1) is 9.78. The highest BCUT2D eigenvalue weighted by molar-refractivity contribution is 7.94. The van der Waals surface area contributed by atoms with Crippen LogP contribution in [0.4, 0.5) is 16.2 Å². The van der Waals surface area contributed by atoms with Crippen molar-refractivity contribution < 1.29 is 13.2 Å². The maximum atomic E-state index is 12.2. The maximum Gasteiger partial charge on any atom is 0.316 e. The number of thiazole rings is 1. The number of aromatic nitrogens is 1. The number of rotatable bonds is 4. The van der Waals surface area contributed by atoms with Crippen molar-refractivity contribution in [1.82, 2.24) is 4.98 Å². The number of nitrogens with two attached hydrogens (primary N) is 1. The second-order valence-electron chi connectivity index (χ2n) is 4.10. The molecule has 21 heavy (non-hydrogen) atoms. The number of amides is 2. The van der Waals surface area contributed by atoms with Crippen molar-refractivity contribution in [2.24, 2.45) is 5.73 Å². The fourth-order valence-corrected chi connectivity index (χ4v) is 4.00. The SMILES string of the molecule is Cc1[nH]c(=O)sc1S(=O)(=O)Nc1cccc(NC(N)=O)c1. The van der Waals surface area contributed by atoms with Gasteiger partial charge in [-0.3, -0.25) is 9.52 Å². The largest absolute Gasteiger partial charge is 0.351 e. The summed E-state index contributed by atoms with van der Waals surface area (Å²) in [7, 11) is -3.88. The summed E-state index contributed by atoms with van der Waals surface area (Å²) in [5, 5.41) is 2.34. The smallest absolute Gasteiger partial charge is 0.316 e. The summed E-state index contributed by atoms with van der Waals surface area (Å²) in [6, 6.07) is 5.27. The molecule has 0 unspecified atom stereocenters. The second kappa shape index (κ2) is 5.58. The Morgan fingerprint density at radius 3 is 2.57 bits per heavy atom. The monoisotopic (exact) mass is 328 g/mol. The summed E-state index contributed by atoms with van der Waals surface area (Å²) < 4.78 is 26.6. The third-order valence-corrected chi connectivity index (χ3v) is 5.39. The lowest BCUT2D eigenvalue weighted by atomic mass is 10.3. The lowest BCUT2D eigenvalue weighted by Gasteiger charge is -2.08. The molecule has 0 spiro atoms. The maximum absolute atomic E-state index is 12.2. The van der Waals surface area contributed by atoms with Crippen LogP contribution in [0.15, 0.2) is 33.3 Å². The number of carbonyl (C=O) groups is 1. The van der Waals surface area contributed by atoms with Crippen LogP contribution in [-0.2, 0) is 10.0 Å². The van der Waals surface area contributed by atoms with Crippen LogP contribution in [0.25, 0.3) is 0 Å². The molecule has 0 aliphatic heterocycles. The molecule has 0 aliphatic carbocycles. The lowest BCUT2D eigenvalue weighted by molar-refractivity contribution is 0.259. The molecular formula is C11H12N4O4S2. The van der Waals surface area contributed by atoms with Gasteiger partial charge in [0.15, 0.2) is 4.21 Å². The first kappa shape index (κ1) is 15.1. The predicted molar refractivity (Wildman–Crippen MR) is 80.1 cm³/mol. The molecule has 1 heterocycles. The van der Waals surface area contributed by atoms with Crippen molar-refractivity contribution in [3.8, 4) is 0 Å². The van der Waals surface area contributed by atoms with Crippen LogP contribution in [0.1, 0.15) is 5.69 Å². The Hall–Kier alpha value is -2.33. The minimum absolute atomic E-state index is 0.0826. The van der Waals surface area contributed by atoms with Gasteiger partial charge in [0, 0.05) is 11.4 Å². The van der Waals surface area contributed by atoms with Crippen molar-refractivity contribution in [3.05, 3.63) is 39.6 Å². The van der Waals surface area contributed by atoms with Gasteiger partial charge in [-0.05, 0) is 25.1 Å². The van der Waals surface area contributed by atoms with E-state index in [1.807, 2.05) is 0 Å². The van der Waals surface area contributed by atoms with Gasteiger partial charge in [-0.2, -0.15) is 0 Å². The molecule has 0 saturated heterocycles. The number of aromatic amines is 1. The molecule has 8 nitrogen and oxygen atoms in total. The molecule has 1 aromatic carbocycles. The predicted octanol–water partition coefficient (Wildman–Crippen LogP) is 1.04. The van der Waals surface area contributed by atoms with Crippen LogP contribution < -0.4 is 20.6 Å². The number of H-pyrrole nitrogens is 1. The van der Waals surface area contributed by atoms with Crippen LogP contribution in [0.3, 0.4) is 0 Å². The van der Waals surface area contributed by atoms with E-state index in [2.05, 4.69) is 15.0 Å². The van der Waals surface area contributed by atoms with E-state index in [0.29, 0.717) is 17.0 Å². The van der Waals surface area contributed by atoms with Crippen molar-refractivity contribution in [1.29, 1.82) is 0 Å². The molecular weight excluding hydrogens is 316 g/mol. The fourth-order valence-electron chi connectivity index (χ4n) is 1.65. The van der Waals surface area contributed by atoms with E-state index in [4.69, 9.17) is 5.73 Å². The minimum atomic E-state index is -3.88. The highest BCUT2D eigenvalue weighted by Gasteiger charge is 2.20. The summed E-state index contributed by atoms with van der Waals surface area (Å²) in [6.45, 7) is 1.50. The van der Waals surface area contributed by atoms with Gasteiger partial charge in [0.05, 0.1) is 5.69 Å². The molecule has 1 aromatic heterocycles. The molecule has 0 aliphatic rings. The Labute approximate surface area is 124 Å². The molecule has 2 amide bonds. The fraction of sp³-hybridized carbons (Fsp3) is 0.0909. The standard InChI is InChI=1S/C11H12N4O4S2/c1-6-9(20-11(17)13-6)21(18,19)15-8-4-2-3-7(5-8)14-10(12)16/h2-5,15H,1H3,(H,13,17)(H3,12,14,16). The summed E-state index contributed by atoms with van der Waals surface area (Å²) in [4.78, 5) is 23.9. The number of hydrogen-bond acceptors (Lipinski definition) is 5. The zero-order valence-electron chi connectivity index (χ0n) is 10.8. The number of nitrogens with one attached hydrogen (secondary N) is 3. The third kappa shape index (κ3) is 3.61.